The molecule has 0 heterocycles. The van der Waals surface area contributed by atoms with E-state index < -0.39 is 0 Å². The second kappa shape index (κ2) is 10.8. The molecule has 0 fully saturated rings. The van der Waals surface area contributed by atoms with Gasteiger partial charge in [-0.1, -0.05) is 79.2 Å². The first kappa shape index (κ1) is 21.1. The van der Waals surface area contributed by atoms with Crippen LogP contribution < -0.4 is 0 Å². The van der Waals surface area contributed by atoms with E-state index >= 15 is 0 Å². The fourth-order valence-corrected chi connectivity index (χ4v) is 2.94. The van der Waals surface area contributed by atoms with E-state index in [-0.39, 0.29) is 14.4 Å². The molecule has 2 nitrogen and oxygen atoms in total. The first-order valence-corrected chi connectivity index (χ1v) is 9.61. The Hall–Kier alpha value is -3.18. The van der Waals surface area contributed by atoms with Crippen LogP contribution in [-0.2, 0) is 11.2 Å². The molecule has 145 valence electrons. The molecule has 0 aromatic heterocycles. The third-order valence-corrected chi connectivity index (χ3v) is 4.56. The largest absolute Gasteiger partial charge is 0.294 e. The van der Waals surface area contributed by atoms with Crippen LogP contribution in [0.25, 0.3) is 10.8 Å². The highest BCUT2D eigenvalue weighted by atomic mass is 16.1. The van der Waals surface area contributed by atoms with Crippen LogP contribution in [0, 0.1) is 19.3 Å². The maximum Gasteiger partial charge on any atom is 0.205 e. The third-order valence-electron chi connectivity index (χ3n) is 4.56. The number of carbonyl (C=O) groups excluding carboxylic acids is 2. The molecule has 0 saturated carbocycles. The summed E-state index contributed by atoms with van der Waals surface area (Å²) in [6.45, 7) is 3.95. The molecule has 0 atom stereocenters. The summed E-state index contributed by atoms with van der Waals surface area (Å²) in [5.74, 6) is 2.23. The molecule has 0 spiro atoms. The Labute approximate surface area is 170 Å². The summed E-state index contributed by atoms with van der Waals surface area (Å²) in [7, 11) is 0. The van der Waals surface area contributed by atoms with E-state index in [4.69, 9.17) is 6.42 Å². The fourth-order valence-electron chi connectivity index (χ4n) is 2.94. The molecule has 28 heavy (non-hydrogen) atoms. The Kier molecular flexibility index (Phi) is 8.18. The number of fused-ring (bicyclic) bond motifs is 1. The summed E-state index contributed by atoms with van der Waals surface area (Å²) in [4.78, 5) is 22.4. The number of rotatable bonds is 6. The molecule has 0 bridgehead atoms. The molecule has 0 aliphatic carbocycles. The number of hydrogen-bond donors (Lipinski definition) is 0. The van der Waals surface area contributed by atoms with Crippen LogP contribution >= 0.6 is 0 Å². The van der Waals surface area contributed by atoms with Gasteiger partial charge in [0.2, 0.25) is 5.78 Å². The number of aryl methyl sites for hydroxylation is 2. The van der Waals surface area contributed by atoms with Crippen LogP contribution in [0.4, 0.5) is 0 Å². The highest BCUT2D eigenvalue weighted by Crippen LogP contribution is 2.19. The lowest BCUT2D eigenvalue weighted by atomic mass is 10.0. The zero-order chi connectivity index (χ0) is 20.4. The monoisotopic (exact) mass is 373 g/mol. The second-order valence-electron chi connectivity index (χ2n) is 6.71. The SMILES string of the molecule is C#CC(=O)CCCc1ccc(C)cc1.CCC(=O)c1cccc2ccccc12.[HH].[H]. The van der Waals surface area contributed by atoms with Gasteiger partial charge in [0.05, 0.1) is 0 Å². The van der Waals surface area contributed by atoms with E-state index in [1.165, 1.54) is 11.1 Å². The van der Waals surface area contributed by atoms with E-state index in [1.807, 2.05) is 49.4 Å². The standard InChI is InChI=1S/C13H12O.C13H14O.H2.H/c1-2-13(14)12-9-5-7-10-6-3-4-8-11(10)12;1-3-13(14)6-4-5-12-9-7-11(2)8-10-12;;/h3-9H,2H2,1H3;1,7-10H,4-6H2,2H3;1H;. The van der Waals surface area contributed by atoms with Gasteiger partial charge in [0, 0.05) is 21.3 Å². The Bertz CT molecular complexity index is 981. The van der Waals surface area contributed by atoms with Crippen molar-refractivity contribution in [3.63, 3.8) is 0 Å². The van der Waals surface area contributed by atoms with E-state index in [0.29, 0.717) is 12.8 Å². The summed E-state index contributed by atoms with van der Waals surface area (Å²) < 4.78 is 0. The Morgan fingerprint density at radius 2 is 1.68 bits per heavy atom. The molecule has 3 aromatic rings. The average Bonchev–Trinajstić information content (AvgIpc) is 2.74. The van der Waals surface area contributed by atoms with Crippen molar-refractivity contribution in [3.05, 3.63) is 83.4 Å². The Morgan fingerprint density at radius 3 is 2.36 bits per heavy atom. The smallest absolute Gasteiger partial charge is 0.205 e. The Balaban J connectivity index is 0.000000526. The van der Waals surface area contributed by atoms with Crippen molar-refractivity contribution in [2.24, 2.45) is 0 Å². The lowest BCUT2D eigenvalue weighted by Gasteiger charge is -2.03. The topological polar surface area (TPSA) is 34.1 Å². The van der Waals surface area contributed by atoms with Crippen molar-refractivity contribution >= 4 is 22.3 Å². The molecule has 1 radical (unpaired) electrons. The molecular formula is C26H29O2. The normalized spacial score (nSPS) is 9.89. The summed E-state index contributed by atoms with van der Waals surface area (Å²) in [6, 6.07) is 22.2. The van der Waals surface area contributed by atoms with Crippen LogP contribution in [0.15, 0.2) is 66.7 Å². The number of carbonyl (C=O) groups is 2. The van der Waals surface area contributed by atoms with Crippen molar-refractivity contribution in [1.29, 1.82) is 0 Å². The molecule has 0 aliphatic rings. The van der Waals surface area contributed by atoms with Gasteiger partial charge in [0.1, 0.15) is 0 Å². The number of terminal acetylenes is 1. The Morgan fingerprint density at radius 1 is 1.00 bits per heavy atom. The van der Waals surface area contributed by atoms with Crippen LogP contribution in [-0.4, -0.2) is 11.6 Å². The van der Waals surface area contributed by atoms with E-state index in [2.05, 4.69) is 37.1 Å². The molecule has 0 N–H and O–H groups in total. The summed E-state index contributed by atoms with van der Waals surface area (Å²) in [5, 5.41) is 2.19. The van der Waals surface area contributed by atoms with Gasteiger partial charge in [-0.25, -0.2) is 0 Å². The molecule has 0 saturated heterocycles. The molecule has 3 rings (SSSR count). The minimum absolute atomic E-state index is 0. The van der Waals surface area contributed by atoms with Crippen molar-refractivity contribution in [1.82, 2.24) is 0 Å². The van der Waals surface area contributed by atoms with Gasteiger partial charge >= 0.3 is 0 Å². The van der Waals surface area contributed by atoms with Crippen LogP contribution in [0.1, 0.15) is 50.5 Å². The van der Waals surface area contributed by atoms with Gasteiger partial charge in [-0.05, 0) is 42.0 Å². The first-order chi connectivity index (χ1) is 13.5. The molecule has 0 amide bonds. The minimum atomic E-state index is -0.0999. The van der Waals surface area contributed by atoms with Crippen LogP contribution in [0.3, 0.4) is 0 Å². The quantitative estimate of drug-likeness (QED) is 0.288. The average molecular weight is 374 g/mol. The van der Waals surface area contributed by atoms with Crippen molar-refractivity contribution in [2.75, 3.05) is 0 Å². The number of Topliss-reactive ketones (excluding diaryl/α,β-unsaturated/α-hetero) is 2. The highest BCUT2D eigenvalue weighted by Gasteiger charge is 2.06. The van der Waals surface area contributed by atoms with E-state index in [9.17, 15) is 9.59 Å². The molecule has 0 unspecified atom stereocenters. The summed E-state index contributed by atoms with van der Waals surface area (Å²) >= 11 is 0. The maximum atomic E-state index is 11.6. The first-order valence-electron chi connectivity index (χ1n) is 9.61. The summed E-state index contributed by atoms with van der Waals surface area (Å²) in [6.07, 6.45) is 7.79. The van der Waals surface area contributed by atoms with Gasteiger partial charge in [-0.2, -0.15) is 0 Å². The minimum Gasteiger partial charge on any atom is -0.294 e. The van der Waals surface area contributed by atoms with Crippen LogP contribution in [0.5, 0.6) is 0 Å². The van der Waals surface area contributed by atoms with Gasteiger partial charge in [0.25, 0.3) is 0 Å². The molecular weight excluding hydrogens is 344 g/mol. The third kappa shape index (κ3) is 6.21. The van der Waals surface area contributed by atoms with E-state index in [1.54, 1.807) is 0 Å². The molecule has 0 aliphatic heterocycles. The van der Waals surface area contributed by atoms with Gasteiger partial charge in [-0.15, -0.1) is 6.42 Å². The van der Waals surface area contributed by atoms with Crippen molar-refractivity contribution < 1.29 is 12.4 Å². The van der Waals surface area contributed by atoms with Gasteiger partial charge in [-0.3, -0.25) is 9.59 Å². The fraction of sp³-hybridized carbons (Fsp3) is 0.231. The summed E-state index contributed by atoms with van der Waals surface area (Å²) in [5.41, 5.74) is 3.36. The van der Waals surface area contributed by atoms with Crippen LogP contribution in [0.2, 0.25) is 0 Å². The molecule has 2 heteroatoms. The number of hydrogen-bond acceptors (Lipinski definition) is 2. The lowest BCUT2D eigenvalue weighted by molar-refractivity contribution is -0.113. The predicted octanol–water partition coefficient (Wildman–Crippen LogP) is 6.31. The maximum absolute atomic E-state index is 11.6. The second-order valence-corrected chi connectivity index (χ2v) is 6.71. The van der Waals surface area contributed by atoms with Gasteiger partial charge < -0.3 is 0 Å². The number of benzene rings is 3. The van der Waals surface area contributed by atoms with Crippen molar-refractivity contribution in [3.8, 4) is 12.3 Å². The zero-order valence-electron chi connectivity index (χ0n) is 17.6. The lowest BCUT2D eigenvalue weighted by Crippen LogP contribution is -1.96. The predicted molar refractivity (Wildman–Crippen MR) is 120 cm³/mol. The molecule has 3 aromatic carbocycles. The van der Waals surface area contributed by atoms with E-state index in [0.717, 1.165) is 29.2 Å². The zero-order valence-corrected chi connectivity index (χ0v) is 16.6. The van der Waals surface area contributed by atoms with Crippen molar-refractivity contribution in [2.45, 2.75) is 39.5 Å². The number of ketones is 2. The van der Waals surface area contributed by atoms with Gasteiger partial charge in [0.15, 0.2) is 5.78 Å². The highest BCUT2D eigenvalue weighted by molar-refractivity contribution is 6.07.